The maximum absolute atomic E-state index is 5.68. The highest BCUT2D eigenvalue weighted by Crippen LogP contribution is 2.32. The number of furan rings is 1. The van der Waals surface area contributed by atoms with Gasteiger partial charge >= 0.3 is 0 Å². The minimum absolute atomic E-state index is 0.123. The third kappa shape index (κ3) is 2.20. The number of aryl methyl sites for hydroxylation is 2. The Kier molecular flexibility index (Phi) is 3.46. The van der Waals surface area contributed by atoms with Crippen LogP contribution in [-0.4, -0.2) is 0 Å². The maximum Gasteiger partial charge on any atom is 0.106 e. The molecule has 3 N–H and O–H groups in total. The first kappa shape index (κ1) is 11.4. The predicted octanol–water partition coefficient (Wildman–Crippen LogP) is 2.90. The van der Waals surface area contributed by atoms with E-state index in [4.69, 9.17) is 10.3 Å². The van der Waals surface area contributed by atoms with Gasteiger partial charge in [0.25, 0.3) is 0 Å². The Morgan fingerprint density at radius 3 is 2.69 bits per heavy atom. The molecule has 0 bridgehead atoms. The summed E-state index contributed by atoms with van der Waals surface area (Å²) in [6, 6.07) is 2.20. The van der Waals surface area contributed by atoms with Crippen molar-refractivity contribution in [3.8, 4) is 0 Å². The normalized spacial score (nSPS) is 18.3. The summed E-state index contributed by atoms with van der Waals surface area (Å²) in [6.45, 7) is 3.97. The highest BCUT2D eigenvalue weighted by Gasteiger charge is 2.20. The summed E-state index contributed by atoms with van der Waals surface area (Å²) < 4.78 is 5.57. The largest absolute Gasteiger partial charge is 0.466 e. The number of nitrogens with one attached hydrogen (secondary N) is 1. The Morgan fingerprint density at radius 2 is 2.19 bits per heavy atom. The van der Waals surface area contributed by atoms with Crippen molar-refractivity contribution < 1.29 is 4.42 Å². The molecule has 3 nitrogen and oxygen atoms in total. The van der Waals surface area contributed by atoms with Crippen molar-refractivity contribution in [1.82, 2.24) is 5.43 Å². The van der Waals surface area contributed by atoms with Crippen LogP contribution in [0, 0.1) is 13.8 Å². The molecule has 3 heteroatoms. The van der Waals surface area contributed by atoms with Crippen LogP contribution in [0.25, 0.3) is 0 Å². The molecule has 16 heavy (non-hydrogen) atoms. The van der Waals surface area contributed by atoms with Crippen LogP contribution in [0.3, 0.4) is 0 Å². The highest BCUT2D eigenvalue weighted by atomic mass is 16.3. The third-order valence-electron chi connectivity index (χ3n) is 3.25. The van der Waals surface area contributed by atoms with Crippen molar-refractivity contribution >= 4 is 0 Å². The van der Waals surface area contributed by atoms with E-state index >= 15 is 0 Å². The van der Waals surface area contributed by atoms with E-state index in [0.29, 0.717) is 0 Å². The van der Waals surface area contributed by atoms with Crippen LogP contribution in [0.5, 0.6) is 0 Å². The number of hydrogen-bond acceptors (Lipinski definition) is 3. The molecule has 1 atom stereocenters. The zero-order valence-corrected chi connectivity index (χ0v) is 10.0. The zero-order valence-electron chi connectivity index (χ0n) is 10.0. The van der Waals surface area contributed by atoms with Crippen molar-refractivity contribution in [3.63, 3.8) is 0 Å². The van der Waals surface area contributed by atoms with Gasteiger partial charge in [-0.2, -0.15) is 0 Å². The molecule has 1 aromatic rings. The Morgan fingerprint density at radius 1 is 1.38 bits per heavy atom. The lowest BCUT2D eigenvalue weighted by molar-refractivity contribution is 0.490. The predicted molar refractivity (Wildman–Crippen MR) is 64.8 cm³/mol. The second-order valence-corrected chi connectivity index (χ2v) is 4.49. The van der Waals surface area contributed by atoms with Crippen LogP contribution in [0.1, 0.15) is 48.8 Å². The Balaban J connectivity index is 2.28. The number of hydrazine groups is 1. The molecule has 2 rings (SSSR count). The van der Waals surface area contributed by atoms with Gasteiger partial charge in [-0.25, -0.2) is 5.43 Å². The smallest absolute Gasteiger partial charge is 0.106 e. The van der Waals surface area contributed by atoms with Crippen LogP contribution >= 0.6 is 0 Å². The second kappa shape index (κ2) is 4.85. The zero-order chi connectivity index (χ0) is 11.5. The fraction of sp³-hybridized carbons (Fsp3) is 0.538. The molecule has 1 aliphatic carbocycles. The van der Waals surface area contributed by atoms with Gasteiger partial charge in [-0.3, -0.25) is 5.84 Å². The van der Waals surface area contributed by atoms with Crippen LogP contribution < -0.4 is 11.3 Å². The topological polar surface area (TPSA) is 51.2 Å². The van der Waals surface area contributed by atoms with E-state index in [0.717, 1.165) is 17.9 Å². The molecule has 0 saturated heterocycles. The van der Waals surface area contributed by atoms with Gasteiger partial charge < -0.3 is 4.42 Å². The first-order valence-electron chi connectivity index (χ1n) is 5.94. The Bertz CT molecular complexity index is 393. The summed E-state index contributed by atoms with van der Waals surface area (Å²) in [7, 11) is 0. The Hall–Kier alpha value is -1.06. The average Bonchev–Trinajstić information content (AvgIpc) is 2.61. The van der Waals surface area contributed by atoms with Gasteiger partial charge in [-0.15, -0.1) is 0 Å². The van der Waals surface area contributed by atoms with E-state index in [9.17, 15) is 0 Å². The van der Waals surface area contributed by atoms with Gasteiger partial charge in [0.15, 0.2) is 0 Å². The summed E-state index contributed by atoms with van der Waals surface area (Å²) in [5.74, 6) is 7.59. The lowest BCUT2D eigenvalue weighted by atomic mass is 9.90. The molecule has 0 amide bonds. The fourth-order valence-electron chi connectivity index (χ4n) is 2.46. The molecule has 0 spiro atoms. The van der Waals surface area contributed by atoms with E-state index in [-0.39, 0.29) is 6.04 Å². The van der Waals surface area contributed by atoms with Gasteiger partial charge in [-0.05, 0) is 45.6 Å². The first-order chi connectivity index (χ1) is 7.72. The molecule has 0 fully saturated rings. The lowest BCUT2D eigenvalue weighted by Gasteiger charge is -2.22. The quantitative estimate of drug-likeness (QED) is 0.468. The SMILES string of the molecule is Cc1cc(C(NN)C2=CCCCC2)c(C)o1. The summed E-state index contributed by atoms with van der Waals surface area (Å²) in [5, 5.41) is 0. The second-order valence-electron chi connectivity index (χ2n) is 4.49. The van der Waals surface area contributed by atoms with E-state index < -0.39 is 0 Å². The van der Waals surface area contributed by atoms with Crippen molar-refractivity contribution in [1.29, 1.82) is 0 Å². The van der Waals surface area contributed by atoms with Crippen LogP contribution in [-0.2, 0) is 0 Å². The van der Waals surface area contributed by atoms with Gasteiger partial charge in [0.1, 0.15) is 11.5 Å². The summed E-state index contributed by atoms with van der Waals surface area (Å²) in [5.41, 5.74) is 5.49. The number of allylic oxidation sites excluding steroid dienone is 1. The monoisotopic (exact) mass is 220 g/mol. The van der Waals surface area contributed by atoms with Crippen LogP contribution in [0.15, 0.2) is 22.1 Å². The average molecular weight is 220 g/mol. The summed E-state index contributed by atoms with van der Waals surface area (Å²) in [6.07, 6.45) is 7.18. The van der Waals surface area contributed by atoms with Crippen molar-refractivity contribution in [2.75, 3.05) is 0 Å². The standard InChI is InChI=1S/C13H20N2O/c1-9-8-12(10(2)16-9)13(15-14)11-6-4-3-5-7-11/h6,8,13,15H,3-5,7,14H2,1-2H3. The van der Waals surface area contributed by atoms with Gasteiger partial charge in [0.2, 0.25) is 0 Å². The molecule has 0 aromatic carbocycles. The molecule has 1 aliphatic rings. The molecule has 0 aliphatic heterocycles. The molecule has 0 radical (unpaired) electrons. The van der Waals surface area contributed by atoms with E-state index in [1.165, 1.54) is 30.4 Å². The van der Waals surface area contributed by atoms with Gasteiger partial charge in [-0.1, -0.05) is 11.6 Å². The van der Waals surface area contributed by atoms with Crippen molar-refractivity contribution in [2.45, 2.75) is 45.6 Å². The molecular weight excluding hydrogens is 200 g/mol. The van der Waals surface area contributed by atoms with Gasteiger partial charge in [0.05, 0.1) is 6.04 Å². The van der Waals surface area contributed by atoms with Crippen LogP contribution in [0.4, 0.5) is 0 Å². The van der Waals surface area contributed by atoms with E-state index in [1.807, 2.05) is 13.8 Å². The van der Waals surface area contributed by atoms with E-state index in [2.05, 4.69) is 17.6 Å². The lowest BCUT2D eigenvalue weighted by Crippen LogP contribution is -2.30. The van der Waals surface area contributed by atoms with Crippen molar-refractivity contribution in [3.05, 3.63) is 34.8 Å². The highest BCUT2D eigenvalue weighted by molar-refractivity contribution is 5.32. The minimum atomic E-state index is 0.123. The summed E-state index contributed by atoms with van der Waals surface area (Å²) in [4.78, 5) is 0. The fourth-order valence-corrected chi connectivity index (χ4v) is 2.46. The summed E-state index contributed by atoms with van der Waals surface area (Å²) >= 11 is 0. The van der Waals surface area contributed by atoms with Gasteiger partial charge in [0, 0.05) is 5.56 Å². The number of rotatable bonds is 3. The molecule has 88 valence electrons. The third-order valence-corrected chi connectivity index (χ3v) is 3.25. The van der Waals surface area contributed by atoms with Crippen molar-refractivity contribution in [2.24, 2.45) is 5.84 Å². The van der Waals surface area contributed by atoms with E-state index in [1.54, 1.807) is 0 Å². The number of nitrogens with two attached hydrogens (primary N) is 1. The molecule has 1 unspecified atom stereocenters. The molecule has 1 aromatic heterocycles. The maximum atomic E-state index is 5.68. The molecular formula is C13H20N2O. The minimum Gasteiger partial charge on any atom is -0.466 e. The molecule has 0 saturated carbocycles. The molecule has 1 heterocycles. The number of hydrogen-bond donors (Lipinski definition) is 2. The Labute approximate surface area is 96.7 Å². The van der Waals surface area contributed by atoms with Crippen LogP contribution in [0.2, 0.25) is 0 Å². The first-order valence-corrected chi connectivity index (χ1v) is 5.94.